The quantitative estimate of drug-likeness (QED) is 0.781. The minimum Gasteiger partial charge on any atom is -0.336 e. The molecule has 0 N–H and O–H groups in total. The standard InChI is InChI=1S/C23H24N2O2/c1-4-24-22(26)20(18-12-11-15(2)14-16(18)3)21(23(24)27)25-13-7-9-17-8-5-6-10-19(17)25/h5-6,8,10-12,14H,4,7,9,13H2,1-3H3. The Balaban J connectivity index is 1.95. The average molecular weight is 360 g/mol. The van der Waals surface area contributed by atoms with E-state index in [4.69, 9.17) is 0 Å². The van der Waals surface area contributed by atoms with Crippen LogP contribution in [0.25, 0.3) is 5.57 Å². The number of likely N-dealkylation sites (N-methyl/N-ethyl adjacent to an activating group) is 1. The van der Waals surface area contributed by atoms with Crippen LogP contribution in [0.5, 0.6) is 0 Å². The van der Waals surface area contributed by atoms with Gasteiger partial charge in [0.05, 0.1) is 5.57 Å². The molecule has 0 saturated carbocycles. The van der Waals surface area contributed by atoms with Crippen LogP contribution in [0.4, 0.5) is 5.69 Å². The lowest BCUT2D eigenvalue weighted by atomic mass is 9.95. The van der Waals surface area contributed by atoms with Crippen molar-refractivity contribution in [2.24, 2.45) is 0 Å². The van der Waals surface area contributed by atoms with Crippen LogP contribution < -0.4 is 4.90 Å². The van der Waals surface area contributed by atoms with Gasteiger partial charge in [0.25, 0.3) is 11.8 Å². The van der Waals surface area contributed by atoms with Crippen molar-refractivity contribution < 1.29 is 9.59 Å². The van der Waals surface area contributed by atoms with Crippen LogP contribution in [-0.2, 0) is 16.0 Å². The predicted octanol–water partition coefficient (Wildman–Crippen LogP) is 3.86. The molecule has 0 aliphatic carbocycles. The van der Waals surface area contributed by atoms with E-state index >= 15 is 0 Å². The fourth-order valence-corrected chi connectivity index (χ4v) is 4.20. The van der Waals surface area contributed by atoms with Crippen LogP contribution in [-0.4, -0.2) is 29.8 Å². The third kappa shape index (κ3) is 2.76. The van der Waals surface area contributed by atoms with Gasteiger partial charge in [0.2, 0.25) is 0 Å². The second-order valence-corrected chi connectivity index (χ2v) is 7.28. The van der Waals surface area contributed by atoms with Crippen LogP contribution >= 0.6 is 0 Å². The van der Waals surface area contributed by atoms with Gasteiger partial charge in [0.15, 0.2) is 0 Å². The number of rotatable bonds is 3. The first-order valence-corrected chi connectivity index (χ1v) is 9.56. The van der Waals surface area contributed by atoms with Crippen molar-refractivity contribution in [2.45, 2.75) is 33.6 Å². The number of fused-ring (bicyclic) bond motifs is 1. The summed E-state index contributed by atoms with van der Waals surface area (Å²) in [5, 5.41) is 0. The number of nitrogens with zero attached hydrogens (tertiary/aromatic N) is 2. The summed E-state index contributed by atoms with van der Waals surface area (Å²) in [6.07, 6.45) is 1.97. The van der Waals surface area contributed by atoms with Gasteiger partial charge in [-0.05, 0) is 56.4 Å². The van der Waals surface area contributed by atoms with E-state index in [1.165, 1.54) is 10.5 Å². The molecule has 4 heteroatoms. The second kappa shape index (κ2) is 6.69. The summed E-state index contributed by atoms with van der Waals surface area (Å²) in [5.74, 6) is -0.373. The third-order valence-corrected chi connectivity index (χ3v) is 5.49. The molecule has 0 bridgehead atoms. The van der Waals surface area contributed by atoms with E-state index < -0.39 is 0 Å². The lowest BCUT2D eigenvalue weighted by Crippen LogP contribution is -2.37. The summed E-state index contributed by atoms with van der Waals surface area (Å²) in [5.41, 5.74) is 6.36. The van der Waals surface area contributed by atoms with Crippen molar-refractivity contribution in [1.29, 1.82) is 0 Å². The van der Waals surface area contributed by atoms with Gasteiger partial charge in [0, 0.05) is 18.8 Å². The van der Waals surface area contributed by atoms with Gasteiger partial charge in [-0.15, -0.1) is 0 Å². The number of hydrogen-bond acceptors (Lipinski definition) is 3. The van der Waals surface area contributed by atoms with E-state index in [1.54, 1.807) is 0 Å². The maximum absolute atomic E-state index is 13.2. The SMILES string of the molecule is CCN1C(=O)C(c2ccc(C)cc2C)=C(N2CCCc3ccccc32)C1=O. The maximum Gasteiger partial charge on any atom is 0.278 e. The van der Waals surface area contributed by atoms with Crippen LogP contribution in [0.1, 0.15) is 35.6 Å². The normalized spacial score (nSPS) is 17.0. The molecule has 0 radical (unpaired) electrons. The molecule has 2 aliphatic rings. The van der Waals surface area contributed by atoms with Crippen molar-refractivity contribution in [3.05, 3.63) is 70.4 Å². The molecular formula is C23H24N2O2. The molecule has 0 saturated heterocycles. The highest BCUT2D eigenvalue weighted by Crippen LogP contribution is 2.38. The highest BCUT2D eigenvalue weighted by molar-refractivity contribution is 6.37. The van der Waals surface area contributed by atoms with Crippen LogP contribution in [0.15, 0.2) is 48.2 Å². The van der Waals surface area contributed by atoms with E-state index in [2.05, 4.69) is 17.0 Å². The zero-order valence-electron chi connectivity index (χ0n) is 16.1. The number of amides is 2. The van der Waals surface area contributed by atoms with Crippen molar-refractivity contribution in [2.75, 3.05) is 18.0 Å². The molecule has 2 heterocycles. The first kappa shape index (κ1) is 17.5. The molecule has 0 unspecified atom stereocenters. The van der Waals surface area contributed by atoms with Gasteiger partial charge < -0.3 is 4.90 Å². The largest absolute Gasteiger partial charge is 0.336 e. The lowest BCUT2D eigenvalue weighted by molar-refractivity contribution is -0.136. The predicted molar refractivity (Wildman–Crippen MR) is 107 cm³/mol. The summed E-state index contributed by atoms with van der Waals surface area (Å²) in [4.78, 5) is 29.8. The molecule has 0 aromatic heterocycles. The van der Waals surface area contributed by atoms with Gasteiger partial charge in [-0.1, -0.05) is 42.0 Å². The Morgan fingerprint density at radius 3 is 2.52 bits per heavy atom. The van der Waals surface area contributed by atoms with Crippen LogP contribution in [0.3, 0.4) is 0 Å². The monoisotopic (exact) mass is 360 g/mol. The molecule has 138 valence electrons. The van der Waals surface area contributed by atoms with E-state index in [0.29, 0.717) is 17.8 Å². The number of benzene rings is 2. The summed E-state index contributed by atoms with van der Waals surface area (Å²) in [6.45, 7) is 7.02. The molecule has 0 fully saturated rings. The molecule has 4 rings (SSSR count). The minimum absolute atomic E-state index is 0.186. The zero-order valence-corrected chi connectivity index (χ0v) is 16.1. The highest BCUT2D eigenvalue weighted by atomic mass is 16.2. The van der Waals surface area contributed by atoms with E-state index in [0.717, 1.165) is 41.8 Å². The Hall–Kier alpha value is -2.88. The Kier molecular flexibility index (Phi) is 4.34. The fourth-order valence-electron chi connectivity index (χ4n) is 4.20. The number of imide groups is 1. The van der Waals surface area contributed by atoms with Gasteiger partial charge >= 0.3 is 0 Å². The summed E-state index contributed by atoms with van der Waals surface area (Å²) in [6, 6.07) is 14.2. The Morgan fingerprint density at radius 2 is 1.78 bits per heavy atom. The first-order chi connectivity index (χ1) is 13.0. The number of anilines is 1. The Bertz CT molecular complexity index is 974. The van der Waals surface area contributed by atoms with Crippen molar-refractivity contribution in [1.82, 2.24) is 4.90 Å². The van der Waals surface area contributed by atoms with Crippen LogP contribution in [0, 0.1) is 13.8 Å². The molecule has 2 aliphatic heterocycles. The fraction of sp³-hybridized carbons (Fsp3) is 0.304. The van der Waals surface area contributed by atoms with Gasteiger partial charge in [-0.25, -0.2) is 0 Å². The average Bonchev–Trinajstić information content (AvgIpc) is 2.91. The third-order valence-electron chi connectivity index (χ3n) is 5.49. The van der Waals surface area contributed by atoms with Gasteiger partial charge in [-0.2, -0.15) is 0 Å². The summed E-state index contributed by atoms with van der Waals surface area (Å²) < 4.78 is 0. The topological polar surface area (TPSA) is 40.6 Å². The summed E-state index contributed by atoms with van der Waals surface area (Å²) in [7, 11) is 0. The van der Waals surface area contributed by atoms with E-state index in [-0.39, 0.29) is 11.8 Å². The number of carbonyl (C=O) groups is 2. The molecule has 0 spiro atoms. The first-order valence-electron chi connectivity index (χ1n) is 9.56. The Morgan fingerprint density at radius 1 is 1.00 bits per heavy atom. The minimum atomic E-state index is -0.187. The molecule has 2 aromatic rings. The van der Waals surface area contributed by atoms with Gasteiger partial charge in [0.1, 0.15) is 5.70 Å². The molecule has 0 atom stereocenters. The lowest BCUT2D eigenvalue weighted by Gasteiger charge is -2.32. The molecule has 27 heavy (non-hydrogen) atoms. The molecule has 2 amide bonds. The molecule has 2 aromatic carbocycles. The molecular weight excluding hydrogens is 336 g/mol. The smallest absolute Gasteiger partial charge is 0.278 e. The maximum atomic E-state index is 13.2. The van der Waals surface area contributed by atoms with Crippen molar-refractivity contribution in [3.63, 3.8) is 0 Å². The van der Waals surface area contributed by atoms with E-state index in [9.17, 15) is 9.59 Å². The molecule has 4 nitrogen and oxygen atoms in total. The highest BCUT2D eigenvalue weighted by Gasteiger charge is 2.42. The van der Waals surface area contributed by atoms with Crippen LogP contribution in [0.2, 0.25) is 0 Å². The van der Waals surface area contributed by atoms with Crippen molar-refractivity contribution >= 4 is 23.1 Å². The van der Waals surface area contributed by atoms with Gasteiger partial charge in [-0.3, -0.25) is 14.5 Å². The Labute approximate surface area is 160 Å². The number of carbonyl (C=O) groups excluding carboxylic acids is 2. The van der Waals surface area contributed by atoms with E-state index in [1.807, 2.05) is 51.1 Å². The number of hydrogen-bond donors (Lipinski definition) is 0. The number of aryl methyl sites for hydroxylation is 3. The van der Waals surface area contributed by atoms with Crippen molar-refractivity contribution in [3.8, 4) is 0 Å². The number of para-hydroxylation sites is 1. The zero-order chi connectivity index (χ0) is 19.1. The second-order valence-electron chi connectivity index (χ2n) is 7.28. The summed E-state index contributed by atoms with van der Waals surface area (Å²) >= 11 is 0.